The molecule has 6 nitrogen and oxygen atoms in total. The Hall–Kier alpha value is -2.93. The fourth-order valence-corrected chi connectivity index (χ4v) is 5.03. The van der Waals surface area contributed by atoms with Crippen molar-refractivity contribution in [3.63, 3.8) is 0 Å². The summed E-state index contributed by atoms with van der Waals surface area (Å²) in [6, 6.07) is 17.7. The van der Waals surface area contributed by atoms with E-state index in [1.807, 2.05) is 71.3 Å². The van der Waals surface area contributed by atoms with Gasteiger partial charge in [0.15, 0.2) is 0 Å². The first-order valence-corrected chi connectivity index (χ1v) is 12.2. The van der Waals surface area contributed by atoms with Crippen molar-refractivity contribution in [2.75, 3.05) is 36.6 Å². The fraction of sp³-hybridized carbons (Fsp3) is 0.360. The number of rotatable bonds is 7. The lowest BCUT2D eigenvalue weighted by atomic mass is 10.1. The van der Waals surface area contributed by atoms with Gasteiger partial charge in [-0.3, -0.25) is 4.79 Å². The maximum atomic E-state index is 13.6. The molecule has 0 spiro atoms. The predicted octanol–water partition coefficient (Wildman–Crippen LogP) is 4.71. The molecule has 0 bridgehead atoms. The van der Waals surface area contributed by atoms with Crippen LogP contribution in [-0.4, -0.2) is 53.7 Å². The highest BCUT2D eigenvalue weighted by molar-refractivity contribution is 7.99. The van der Waals surface area contributed by atoms with E-state index in [4.69, 9.17) is 9.26 Å². The average molecular weight is 450 g/mol. The molecule has 1 saturated carbocycles. The minimum absolute atomic E-state index is 0.0201. The van der Waals surface area contributed by atoms with E-state index < -0.39 is 0 Å². The molecule has 1 saturated heterocycles. The molecule has 1 aliphatic carbocycles. The molecule has 2 fully saturated rings. The van der Waals surface area contributed by atoms with Gasteiger partial charge in [0, 0.05) is 41.8 Å². The van der Waals surface area contributed by atoms with Gasteiger partial charge in [-0.25, -0.2) is 0 Å². The number of methoxy groups -OCH3 is 1. The molecule has 2 heterocycles. The van der Waals surface area contributed by atoms with E-state index in [9.17, 15) is 4.79 Å². The molecule has 1 aromatic heterocycles. The second-order valence-electron chi connectivity index (χ2n) is 8.18. The van der Waals surface area contributed by atoms with E-state index in [0.717, 1.165) is 60.1 Å². The van der Waals surface area contributed by atoms with Crippen LogP contribution in [0.5, 0.6) is 5.75 Å². The van der Waals surface area contributed by atoms with Crippen molar-refractivity contribution in [2.24, 2.45) is 0 Å². The quantitative estimate of drug-likeness (QED) is 0.521. The second kappa shape index (κ2) is 9.28. The number of ether oxygens (including phenoxy) is 1. The van der Waals surface area contributed by atoms with Gasteiger partial charge in [-0.2, -0.15) is 11.8 Å². The van der Waals surface area contributed by atoms with Crippen molar-refractivity contribution >= 4 is 23.6 Å². The van der Waals surface area contributed by atoms with E-state index in [0.29, 0.717) is 17.9 Å². The van der Waals surface area contributed by atoms with Crippen LogP contribution in [0.3, 0.4) is 0 Å². The lowest BCUT2D eigenvalue weighted by Gasteiger charge is -2.28. The summed E-state index contributed by atoms with van der Waals surface area (Å²) in [6.45, 7) is 2.33. The highest BCUT2D eigenvalue weighted by Gasteiger charge is 2.36. The topological polar surface area (TPSA) is 58.8 Å². The molecule has 2 aliphatic rings. The first kappa shape index (κ1) is 20.9. The van der Waals surface area contributed by atoms with Gasteiger partial charge in [0.25, 0.3) is 5.91 Å². The highest BCUT2D eigenvalue weighted by atomic mass is 32.2. The summed E-state index contributed by atoms with van der Waals surface area (Å²) in [4.78, 5) is 17.8. The Morgan fingerprint density at radius 1 is 1.16 bits per heavy atom. The van der Waals surface area contributed by atoms with E-state index >= 15 is 0 Å². The van der Waals surface area contributed by atoms with E-state index in [-0.39, 0.29) is 11.9 Å². The van der Waals surface area contributed by atoms with Gasteiger partial charge in [-0.1, -0.05) is 41.6 Å². The van der Waals surface area contributed by atoms with Gasteiger partial charge >= 0.3 is 0 Å². The smallest absolute Gasteiger partial charge is 0.254 e. The molecule has 7 heteroatoms. The van der Waals surface area contributed by atoms with Crippen LogP contribution in [0, 0.1) is 0 Å². The van der Waals surface area contributed by atoms with Gasteiger partial charge in [0.1, 0.15) is 11.4 Å². The molecule has 0 atom stereocenters. The van der Waals surface area contributed by atoms with Crippen LogP contribution in [-0.2, 0) is 6.54 Å². The van der Waals surface area contributed by atoms with Gasteiger partial charge in [0.05, 0.1) is 19.2 Å². The summed E-state index contributed by atoms with van der Waals surface area (Å²) < 4.78 is 11.3. The monoisotopic (exact) mass is 449 g/mol. The number of carbonyl (C=O) groups excluding carboxylic acids is 1. The first-order chi connectivity index (χ1) is 15.7. The molecular weight excluding hydrogens is 422 g/mol. The number of amides is 1. The minimum Gasteiger partial charge on any atom is -0.497 e. The molecular formula is C25H27N3O3S. The summed E-state index contributed by atoms with van der Waals surface area (Å²) in [5.74, 6) is 3.64. The third-order valence-corrected chi connectivity index (χ3v) is 6.95. The Kier molecular flexibility index (Phi) is 6.08. The van der Waals surface area contributed by atoms with Crippen LogP contribution in [0.15, 0.2) is 59.1 Å². The average Bonchev–Trinajstić information content (AvgIpc) is 3.62. The predicted molar refractivity (Wildman–Crippen MR) is 127 cm³/mol. The van der Waals surface area contributed by atoms with Gasteiger partial charge < -0.3 is 19.1 Å². The van der Waals surface area contributed by atoms with Crippen LogP contribution in [0.1, 0.15) is 28.8 Å². The maximum absolute atomic E-state index is 13.6. The molecule has 0 radical (unpaired) electrons. The zero-order chi connectivity index (χ0) is 21.9. The minimum atomic E-state index is 0.0201. The molecule has 32 heavy (non-hydrogen) atoms. The van der Waals surface area contributed by atoms with Crippen molar-refractivity contribution < 1.29 is 14.1 Å². The summed E-state index contributed by atoms with van der Waals surface area (Å²) in [5.41, 5.74) is 3.47. The number of carbonyl (C=O) groups is 1. The van der Waals surface area contributed by atoms with Crippen LogP contribution < -0.4 is 9.64 Å². The molecule has 3 aromatic rings. The lowest BCUT2D eigenvalue weighted by Crippen LogP contribution is -2.35. The van der Waals surface area contributed by atoms with Gasteiger partial charge in [-0.15, -0.1) is 0 Å². The number of nitrogens with zero attached hydrogens (tertiary/aromatic N) is 3. The van der Waals surface area contributed by atoms with Crippen LogP contribution in [0.4, 0.5) is 5.88 Å². The lowest BCUT2D eigenvalue weighted by molar-refractivity contribution is 0.0730. The Morgan fingerprint density at radius 3 is 2.66 bits per heavy atom. The van der Waals surface area contributed by atoms with Gasteiger partial charge in [0.2, 0.25) is 5.88 Å². The molecule has 1 amide bonds. The van der Waals surface area contributed by atoms with Crippen molar-refractivity contribution in [1.82, 2.24) is 10.1 Å². The van der Waals surface area contributed by atoms with Crippen molar-refractivity contribution in [2.45, 2.75) is 25.4 Å². The first-order valence-electron chi connectivity index (χ1n) is 11.1. The van der Waals surface area contributed by atoms with Crippen molar-refractivity contribution in [1.29, 1.82) is 0 Å². The number of aromatic nitrogens is 1. The fourth-order valence-electron chi connectivity index (χ4n) is 4.13. The molecule has 2 aromatic carbocycles. The van der Waals surface area contributed by atoms with Crippen LogP contribution in [0.25, 0.3) is 11.3 Å². The Bertz CT molecular complexity index is 1080. The largest absolute Gasteiger partial charge is 0.497 e. The number of hydrogen-bond acceptors (Lipinski definition) is 6. The Morgan fingerprint density at radius 2 is 1.94 bits per heavy atom. The second-order valence-corrected chi connectivity index (χ2v) is 9.40. The molecule has 166 valence electrons. The highest BCUT2D eigenvalue weighted by Crippen LogP contribution is 2.37. The zero-order valence-corrected chi connectivity index (χ0v) is 19.0. The van der Waals surface area contributed by atoms with E-state index in [1.54, 1.807) is 7.11 Å². The van der Waals surface area contributed by atoms with Gasteiger partial charge in [-0.05, 0) is 31.0 Å². The number of anilines is 1. The molecule has 5 rings (SSSR count). The Balaban J connectivity index is 1.51. The summed E-state index contributed by atoms with van der Waals surface area (Å²) in [5, 5.41) is 4.47. The standard InChI is InChI=1S/C25H27N3O3S/c1-30-21-9-5-8-19(16-21)24(29)28(20-10-11-20)17-22-23(18-6-3-2-4-7-18)26-31-25(22)27-12-14-32-15-13-27/h2-9,16,20H,10-15,17H2,1H3. The Labute approximate surface area is 192 Å². The van der Waals surface area contributed by atoms with E-state index in [1.165, 1.54) is 0 Å². The van der Waals surface area contributed by atoms with Crippen LogP contribution >= 0.6 is 11.8 Å². The molecule has 0 unspecified atom stereocenters. The molecule has 0 N–H and O–H groups in total. The van der Waals surface area contributed by atoms with Crippen molar-refractivity contribution in [3.05, 3.63) is 65.7 Å². The van der Waals surface area contributed by atoms with E-state index in [2.05, 4.69) is 10.1 Å². The zero-order valence-electron chi connectivity index (χ0n) is 18.2. The maximum Gasteiger partial charge on any atom is 0.254 e. The number of benzene rings is 2. The van der Waals surface area contributed by atoms with Crippen LogP contribution in [0.2, 0.25) is 0 Å². The summed E-state index contributed by atoms with van der Waals surface area (Å²) >= 11 is 1.96. The third kappa shape index (κ3) is 4.35. The normalized spacial score (nSPS) is 16.1. The summed E-state index contributed by atoms with van der Waals surface area (Å²) in [7, 11) is 1.62. The third-order valence-electron chi connectivity index (χ3n) is 6.01. The van der Waals surface area contributed by atoms with Crippen molar-refractivity contribution in [3.8, 4) is 17.0 Å². The number of thioether (sulfide) groups is 1. The molecule has 1 aliphatic heterocycles. The summed E-state index contributed by atoms with van der Waals surface area (Å²) in [6.07, 6.45) is 2.05. The SMILES string of the molecule is COc1cccc(C(=O)N(Cc2c(-c3ccccc3)noc2N2CCSCC2)C2CC2)c1. The number of hydrogen-bond donors (Lipinski definition) is 0.